The number of Topliss-reactive ketones (excluding diaryl/α,β-unsaturated/α-hetero) is 1. The maximum absolute atomic E-state index is 14.9. The smallest absolute Gasteiger partial charge is 0.305 e. The molecule has 0 aromatic carbocycles. The van der Waals surface area contributed by atoms with Gasteiger partial charge in [-0.15, -0.1) is 0 Å². The summed E-state index contributed by atoms with van der Waals surface area (Å²) in [5.74, 6) is -2.25. The largest absolute Gasteiger partial charge is 0.469 e. The molecule has 1 fully saturated rings. The van der Waals surface area contributed by atoms with Crippen molar-refractivity contribution >= 4 is 63.0 Å². The molecule has 62 heavy (non-hydrogen) atoms. The summed E-state index contributed by atoms with van der Waals surface area (Å²) in [5, 5.41) is 46.3. The minimum Gasteiger partial charge on any atom is -0.469 e. The fourth-order valence-electron chi connectivity index (χ4n) is 9.40. The molecule has 0 aliphatic carbocycles. The van der Waals surface area contributed by atoms with E-state index in [0.29, 0.717) is 56.6 Å². The minimum atomic E-state index is -1.58. The number of amides is 2. The molecule has 18 heteroatoms. The molecule has 17 nitrogen and oxygen atoms in total. The van der Waals surface area contributed by atoms with Gasteiger partial charge in [-0.05, 0) is 81.6 Å². The zero-order valence-corrected chi connectivity index (χ0v) is 36.7. The first kappa shape index (κ1) is 44.9. The Morgan fingerprint density at radius 2 is 1.56 bits per heavy atom. The lowest BCUT2D eigenvalue weighted by Gasteiger charge is -2.40. The first-order chi connectivity index (χ1) is 29.5. The number of nitrogens with one attached hydrogen (secondary N) is 4. The number of aryl methyl sites for hydroxylation is 2. The van der Waals surface area contributed by atoms with Gasteiger partial charge in [0.05, 0.1) is 41.6 Å². The molecule has 4 aliphatic heterocycles. The number of nitrogens with zero attached hydrogens (tertiary/aromatic N) is 3. The van der Waals surface area contributed by atoms with Crippen molar-refractivity contribution in [2.45, 2.75) is 122 Å². The number of H-pyrrole nitrogens is 2. The highest BCUT2D eigenvalue weighted by molar-refractivity contribution is 7.80. The van der Waals surface area contributed by atoms with Crippen molar-refractivity contribution in [2.75, 3.05) is 26.8 Å². The van der Waals surface area contributed by atoms with Gasteiger partial charge >= 0.3 is 5.97 Å². The van der Waals surface area contributed by atoms with Crippen LogP contribution in [0.25, 0.3) is 22.1 Å². The summed E-state index contributed by atoms with van der Waals surface area (Å²) in [6.45, 7) is 11.0. The Morgan fingerprint density at radius 1 is 0.919 bits per heavy atom. The van der Waals surface area contributed by atoms with E-state index < -0.39 is 61.0 Å². The molecule has 4 aliphatic rings. The quantitative estimate of drug-likeness (QED) is 0.0451. The van der Waals surface area contributed by atoms with Gasteiger partial charge in [-0.25, -0.2) is 0 Å². The van der Waals surface area contributed by atoms with Gasteiger partial charge in [-0.1, -0.05) is 20.8 Å². The second-order valence-electron chi connectivity index (χ2n) is 16.7. The van der Waals surface area contributed by atoms with Crippen LogP contribution in [0.15, 0.2) is 18.2 Å². The molecule has 8 N–H and O–H groups in total. The highest BCUT2D eigenvalue weighted by Crippen LogP contribution is 2.45. The Morgan fingerprint density at radius 3 is 2.24 bits per heavy atom. The third-order valence-electron chi connectivity index (χ3n) is 13.0. The lowest BCUT2D eigenvalue weighted by atomic mass is 9.84. The maximum Gasteiger partial charge on any atom is 0.305 e. The predicted octanol–water partition coefficient (Wildman–Crippen LogP) is 3.52. The fourth-order valence-corrected chi connectivity index (χ4v) is 9.64. The van der Waals surface area contributed by atoms with Crippen LogP contribution in [0.5, 0.6) is 0 Å². The molecule has 0 saturated carbocycles. The number of aliphatic hydroxyl groups is 4. The van der Waals surface area contributed by atoms with E-state index in [2.05, 4.69) is 34.4 Å². The SMILES string of the molecule is CC[C@H]1c2cc3[nH]c4c(c5nc(cc6[nH]c(cc(n2)[C@@H]1C)c(C(C)=O)c6C)[C@@H](C)[C@@H]5CCC(=O)OC)C(=O)N(CCCNC(=S)NC1C(O)OC(CO)C(O)C1O)C(=O)c4c3C. The minimum absolute atomic E-state index is 0.0113. The summed E-state index contributed by atoms with van der Waals surface area (Å²) >= 11 is 5.39. The summed E-state index contributed by atoms with van der Waals surface area (Å²) < 4.78 is 10.2. The van der Waals surface area contributed by atoms with Crippen molar-refractivity contribution in [3.63, 3.8) is 0 Å². The molecule has 1 saturated heterocycles. The number of aromatic nitrogens is 4. The lowest BCUT2D eigenvalue weighted by molar-refractivity contribution is -0.252. The number of imide groups is 1. The zero-order valence-electron chi connectivity index (χ0n) is 35.9. The second kappa shape index (κ2) is 17.9. The average molecular weight is 874 g/mol. The number of carbonyl (C=O) groups excluding carboxylic acids is 4. The van der Waals surface area contributed by atoms with Crippen LogP contribution in [0, 0.1) is 13.8 Å². The van der Waals surface area contributed by atoms with Gasteiger partial charge < -0.3 is 50.5 Å². The van der Waals surface area contributed by atoms with Gasteiger partial charge in [0.25, 0.3) is 11.8 Å². The van der Waals surface area contributed by atoms with Crippen LogP contribution in [0.4, 0.5) is 0 Å². The molecule has 0 radical (unpaired) electrons. The van der Waals surface area contributed by atoms with Crippen molar-refractivity contribution < 1.29 is 49.1 Å². The summed E-state index contributed by atoms with van der Waals surface area (Å²) in [7, 11) is 1.32. The fraction of sp³-hybridized carbons (Fsp3) is 0.523. The first-order valence-corrected chi connectivity index (χ1v) is 21.5. The molecule has 7 rings (SSSR count). The first-order valence-electron chi connectivity index (χ1n) is 21.1. The molecule has 3 aromatic rings. The topological polar surface area (TPSA) is 252 Å². The van der Waals surface area contributed by atoms with E-state index in [1.165, 1.54) is 18.9 Å². The van der Waals surface area contributed by atoms with Crippen LogP contribution < -0.4 is 10.6 Å². The Hall–Kier alpha value is -5.11. The number of ketones is 1. The number of esters is 1. The number of fused-ring (bicyclic) bond motifs is 8. The zero-order chi connectivity index (χ0) is 44.9. The normalized spacial score (nSPS) is 25.8. The van der Waals surface area contributed by atoms with Crippen molar-refractivity contribution in [2.24, 2.45) is 0 Å². The molecular formula is C44H55N7O10S. The molecule has 5 unspecified atom stereocenters. The van der Waals surface area contributed by atoms with Crippen LogP contribution in [0.1, 0.15) is 142 Å². The predicted molar refractivity (Wildman–Crippen MR) is 232 cm³/mol. The molecule has 3 aromatic heterocycles. The Labute approximate surface area is 363 Å². The van der Waals surface area contributed by atoms with Gasteiger partial charge in [0.2, 0.25) is 0 Å². The summed E-state index contributed by atoms with van der Waals surface area (Å²) in [4.78, 5) is 73.6. The number of ether oxygens (including phenoxy) is 2. The van der Waals surface area contributed by atoms with Crippen molar-refractivity contribution in [3.8, 4) is 0 Å². The van der Waals surface area contributed by atoms with Gasteiger partial charge in [0.1, 0.15) is 24.4 Å². The maximum atomic E-state index is 14.9. The lowest BCUT2D eigenvalue weighted by Crippen LogP contribution is -2.65. The highest BCUT2D eigenvalue weighted by Gasteiger charge is 2.44. The van der Waals surface area contributed by atoms with Crippen molar-refractivity contribution in [3.05, 3.63) is 68.8 Å². The van der Waals surface area contributed by atoms with E-state index >= 15 is 0 Å². The number of methoxy groups -OCH3 is 1. The molecule has 9 atom stereocenters. The van der Waals surface area contributed by atoms with Gasteiger partial charge in [0.15, 0.2) is 17.2 Å². The number of aliphatic hydroxyl groups excluding tert-OH is 4. The van der Waals surface area contributed by atoms with Crippen LogP contribution in [0.3, 0.4) is 0 Å². The van der Waals surface area contributed by atoms with Crippen LogP contribution >= 0.6 is 12.2 Å². The number of aromatic amines is 2. The molecule has 8 bridgehead atoms. The Bertz CT molecular complexity index is 2480. The highest BCUT2D eigenvalue weighted by atomic mass is 32.1. The Kier molecular flexibility index (Phi) is 13.0. The van der Waals surface area contributed by atoms with Gasteiger partial charge in [0, 0.05) is 76.9 Å². The number of thiocarbonyl (C=S) groups is 1. The summed E-state index contributed by atoms with van der Waals surface area (Å²) in [6, 6.07) is 4.57. The van der Waals surface area contributed by atoms with Gasteiger partial charge in [-0.2, -0.15) is 0 Å². The number of hydrogen-bond acceptors (Lipinski definition) is 13. The van der Waals surface area contributed by atoms with E-state index in [0.717, 1.165) is 23.4 Å². The number of carbonyl (C=O) groups is 4. The Balaban J connectivity index is 1.33. The van der Waals surface area contributed by atoms with Gasteiger partial charge in [-0.3, -0.25) is 34.0 Å². The second-order valence-corrected chi connectivity index (χ2v) is 17.1. The average Bonchev–Trinajstić information content (AvgIpc) is 3.92. The molecular weight excluding hydrogens is 819 g/mol. The van der Waals surface area contributed by atoms with Crippen molar-refractivity contribution in [1.82, 2.24) is 35.5 Å². The van der Waals surface area contributed by atoms with Crippen LogP contribution in [0.2, 0.25) is 0 Å². The third-order valence-corrected chi connectivity index (χ3v) is 13.3. The van der Waals surface area contributed by atoms with Crippen LogP contribution in [-0.2, 0) is 14.3 Å². The van der Waals surface area contributed by atoms with Crippen molar-refractivity contribution in [1.29, 1.82) is 0 Å². The van der Waals surface area contributed by atoms with E-state index in [1.54, 1.807) is 0 Å². The molecule has 7 heterocycles. The molecule has 0 spiro atoms. The van der Waals surface area contributed by atoms with Crippen LogP contribution in [-0.4, -0.2) is 131 Å². The third kappa shape index (κ3) is 8.03. The van der Waals surface area contributed by atoms with E-state index in [9.17, 15) is 39.6 Å². The number of hydrogen-bond donors (Lipinski definition) is 8. The number of rotatable bonds is 11. The van der Waals surface area contributed by atoms with E-state index in [1.807, 2.05) is 39.0 Å². The molecule has 332 valence electrons. The monoisotopic (exact) mass is 873 g/mol. The van der Waals surface area contributed by atoms with E-state index in [4.69, 9.17) is 31.7 Å². The molecule has 2 amide bonds. The van der Waals surface area contributed by atoms with E-state index in [-0.39, 0.29) is 60.1 Å². The summed E-state index contributed by atoms with van der Waals surface area (Å²) in [5.41, 5.74) is 7.43. The standard InChI is InChI=1S/C44H55N7O10S/c1-8-23-18(2)25-16-30-33(22(6)53)20(4)27(47-30)14-26-19(3)24(10-11-32(54)60-7)36(48-26)35-37-34(21(5)28(49-37)15-29(23)46-25)41(57)51(42(35)58)13-9-12-45-44(62)50-38-40(56)39(55)31(17-52)61-43(38)59/h14-16,18-19,23-24,31,38-40,43,47,49,52,55-56,59H,8-13,17H2,1-7H3,(H2,45,50,62)/t18-,19+,23-,24+,31?,38?,39?,40?,43?/m1/s1. The summed E-state index contributed by atoms with van der Waals surface area (Å²) in [6.07, 6.45) is -4.37.